The summed E-state index contributed by atoms with van der Waals surface area (Å²) >= 11 is 0. The van der Waals surface area contributed by atoms with Crippen molar-refractivity contribution in [1.82, 2.24) is 0 Å². The lowest BCUT2D eigenvalue weighted by molar-refractivity contribution is -0.148. The minimum Gasteiger partial charge on any atom is -0.461 e. The van der Waals surface area contributed by atoms with Crippen LogP contribution in [-0.2, 0) is 14.3 Å². The molecule has 0 aliphatic carbocycles. The lowest BCUT2D eigenvalue weighted by Gasteiger charge is -2.05. The third kappa shape index (κ3) is 2.36. The molecule has 2 atom stereocenters. The van der Waals surface area contributed by atoms with Crippen LogP contribution in [0.15, 0.2) is 30.3 Å². The second-order valence-corrected chi connectivity index (χ2v) is 3.87. The molecule has 15 heavy (non-hydrogen) atoms. The Labute approximate surface area is 89.0 Å². The van der Waals surface area contributed by atoms with Crippen LogP contribution in [0.2, 0.25) is 0 Å². The van der Waals surface area contributed by atoms with Gasteiger partial charge in [-0.05, 0) is 19.4 Å². The number of carbonyl (C=O) groups is 1. The number of hydrogen-bond donors (Lipinski definition) is 0. The molecular formula is C12H14O3. The highest BCUT2D eigenvalue weighted by atomic mass is 16.6. The van der Waals surface area contributed by atoms with E-state index >= 15 is 0 Å². The van der Waals surface area contributed by atoms with E-state index in [-0.39, 0.29) is 18.2 Å². The van der Waals surface area contributed by atoms with E-state index in [9.17, 15) is 4.79 Å². The number of esters is 1. The van der Waals surface area contributed by atoms with E-state index in [0.29, 0.717) is 0 Å². The summed E-state index contributed by atoms with van der Waals surface area (Å²) in [5, 5.41) is 0. The SMILES string of the molecule is CC(C)OC(=O)[C@H]1O[C@H]1c1ccccc1. The van der Waals surface area contributed by atoms with Gasteiger partial charge in [-0.2, -0.15) is 0 Å². The Morgan fingerprint density at radius 1 is 1.33 bits per heavy atom. The van der Waals surface area contributed by atoms with Gasteiger partial charge in [0.1, 0.15) is 6.10 Å². The Bertz CT molecular complexity index is 345. The molecule has 3 nitrogen and oxygen atoms in total. The van der Waals surface area contributed by atoms with Crippen LogP contribution in [0.3, 0.4) is 0 Å². The molecule has 2 rings (SSSR count). The van der Waals surface area contributed by atoms with Crippen LogP contribution in [0, 0.1) is 0 Å². The molecule has 1 heterocycles. The average molecular weight is 206 g/mol. The number of carbonyl (C=O) groups excluding carboxylic acids is 1. The molecule has 1 aliphatic rings. The van der Waals surface area contributed by atoms with Gasteiger partial charge in [0, 0.05) is 0 Å². The second kappa shape index (κ2) is 4.03. The van der Waals surface area contributed by atoms with Crippen molar-refractivity contribution in [2.24, 2.45) is 0 Å². The minimum atomic E-state index is -0.408. The third-order valence-electron chi connectivity index (χ3n) is 2.20. The smallest absolute Gasteiger partial charge is 0.338 e. The van der Waals surface area contributed by atoms with Gasteiger partial charge in [-0.1, -0.05) is 30.3 Å². The Balaban J connectivity index is 1.94. The van der Waals surface area contributed by atoms with E-state index in [0.717, 1.165) is 5.56 Å². The Hall–Kier alpha value is -1.35. The first kappa shape index (κ1) is 10.2. The molecule has 1 fully saturated rings. The Morgan fingerprint density at radius 3 is 2.60 bits per heavy atom. The van der Waals surface area contributed by atoms with Crippen LogP contribution < -0.4 is 0 Å². The molecule has 0 unspecified atom stereocenters. The fourth-order valence-electron chi connectivity index (χ4n) is 1.49. The summed E-state index contributed by atoms with van der Waals surface area (Å²) in [5.41, 5.74) is 1.03. The lowest BCUT2D eigenvalue weighted by atomic mass is 10.1. The van der Waals surface area contributed by atoms with Gasteiger partial charge < -0.3 is 9.47 Å². The zero-order valence-electron chi connectivity index (χ0n) is 8.84. The van der Waals surface area contributed by atoms with Gasteiger partial charge in [0.25, 0.3) is 0 Å². The molecule has 80 valence electrons. The first-order valence-corrected chi connectivity index (χ1v) is 5.09. The first-order valence-electron chi connectivity index (χ1n) is 5.09. The molecule has 0 aromatic heterocycles. The largest absolute Gasteiger partial charge is 0.461 e. The number of epoxide rings is 1. The summed E-state index contributed by atoms with van der Waals surface area (Å²) in [6.07, 6.45) is -0.606. The Morgan fingerprint density at radius 2 is 2.00 bits per heavy atom. The minimum absolute atomic E-state index is 0.0851. The van der Waals surface area contributed by atoms with E-state index in [1.165, 1.54) is 0 Å². The standard InChI is InChI=1S/C12H14O3/c1-8(2)14-12(13)11-10(15-11)9-6-4-3-5-7-9/h3-8,10-11H,1-2H3/t10-,11-/m0/s1. The van der Waals surface area contributed by atoms with E-state index in [1.54, 1.807) is 0 Å². The van der Waals surface area contributed by atoms with Crippen molar-refractivity contribution < 1.29 is 14.3 Å². The number of benzene rings is 1. The molecular weight excluding hydrogens is 192 g/mol. The van der Waals surface area contributed by atoms with Crippen molar-refractivity contribution in [1.29, 1.82) is 0 Å². The molecule has 0 N–H and O–H groups in total. The molecule has 1 saturated heterocycles. The van der Waals surface area contributed by atoms with Gasteiger partial charge in [-0.25, -0.2) is 4.79 Å². The van der Waals surface area contributed by atoms with Crippen molar-refractivity contribution in [3.8, 4) is 0 Å². The van der Waals surface area contributed by atoms with Gasteiger partial charge in [0.15, 0.2) is 6.10 Å². The highest BCUT2D eigenvalue weighted by Crippen LogP contribution is 2.39. The number of ether oxygens (including phenoxy) is 2. The summed E-state index contributed by atoms with van der Waals surface area (Å²) in [4.78, 5) is 11.5. The molecule has 1 aromatic carbocycles. The topological polar surface area (TPSA) is 38.8 Å². The van der Waals surface area contributed by atoms with Crippen LogP contribution >= 0.6 is 0 Å². The van der Waals surface area contributed by atoms with Gasteiger partial charge in [0.05, 0.1) is 6.10 Å². The van der Waals surface area contributed by atoms with E-state index < -0.39 is 6.10 Å². The van der Waals surface area contributed by atoms with Crippen molar-refractivity contribution in [2.45, 2.75) is 32.2 Å². The average Bonchev–Trinajstić information content (AvgIpc) is 2.97. The van der Waals surface area contributed by atoms with Gasteiger partial charge >= 0.3 is 5.97 Å². The lowest BCUT2D eigenvalue weighted by Crippen LogP contribution is -2.17. The molecule has 0 bridgehead atoms. The van der Waals surface area contributed by atoms with Crippen molar-refractivity contribution in [3.05, 3.63) is 35.9 Å². The molecule has 0 radical (unpaired) electrons. The highest BCUT2D eigenvalue weighted by molar-refractivity contribution is 5.78. The maximum absolute atomic E-state index is 11.5. The summed E-state index contributed by atoms with van der Waals surface area (Å²) in [7, 11) is 0. The molecule has 0 amide bonds. The van der Waals surface area contributed by atoms with Gasteiger partial charge in [-0.15, -0.1) is 0 Å². The van der Waals surface area contributed by atoms with Gasteiger partial charge in [-0.3, -0.25) is 0 Å². The van der Waals surface area contributed by atoms with E-state index in [2.05, 4.69) is 0 Å². The molecule has 1 aliphatic heterocycles. The van der Waals surface area contributed by atoms with Crippen molar-refractivity contribution in [3.63, 3.8) is 0 Å². The van der Waals surface area contributed by atoms with Crippen molar-refractivity contribution in [2.75, 3.05) is 0 Å². The van der Waals surface area contributed by atoms with Crippen LogP contribution in [0.4, 0.5) is 0 Å². The molecule has 3 heteroatoms. The van der Waals surface area contributed by atoms with Crippen LogP contribution in [0.1, 0.15) is 25.5 Å². The summed E-state index contributed by atoms with van der Waals surface area (Å²) < 4.78 is 10.4. The van der Waals surface area contributed by atoms with Crippen molar-refractivity contribution >= 4 is 5.97 Å². The molecule has 1 aromatic rings. The number of rotatable bonds is 3. The van der Waals surface area contributed by atoms with E-state index in [1.807, 2.05) is 44.2 Å². The number of hydrogen-bond acceptors (Lipinski definition) is 3. The highest BCUT2D eigenvalue weighted by Gasteiger charge is 2.47. The summed E-state index contributed by atoms with van der Waals surface area (Å²) in [6, 6.07) is 9.71. The summed E-state index contributed by atoms with van der Waals surface area (Å²) in [5.74, 6) is -0.265. The fraction of sp³-hybridized carbons (Fsp3) is 0.417. The molecule has 0 spiro atoms. The third-order valence-corrected chi connectivity index (χ3v) is 2.20. The summed E-state index contributed by atoms with van der Waals surface area (Å²) in [6.45, 7) is 3.66. The predicted molar refractivity (Wildman–Crippen MR) is 55.3 cm³/mol. The first-order chi connectivity index (χ1) is 7.18. The monoisotopic (exact) mass is 206 g/mol. The zero-order valence-corrected chi connectivity index (χ0v) is 8.84. The predicted octanol–water partition coefficient (Wildman–Crippen LogP) is 2.08. The quantitative estimate of drug-likeness (QED) is 0.561. The normalized spacial score (nSPS) is 23.9. The fourth-order valence-corrected chi connectivity index (χ4v) is 1.49. The maximum atomic E-state index is 11.5. The Kier molecular flexibility index (Phi) is 2.73. The van der Waals surface area contributed by atoms with Crippen LogP contribution in [0.5, 0.6) is 0 Å². The maximum Gasteiger partial charge on any atom is 0.338 e. The zero-order chi connectivity index (χ0) is 10.8. The van der Waals surface area contributed by atoms with Crippen LogP contribution in [0.25, 0.3) is 0 Å². The van der Waals surface area contributed by atoms with Crippen LogP contribution in [-0.4, -0.2) is 18.2 Å². The molecule has 0 saturated carbocycles. The van der Waals surface area contributed by atoms with Gasteiger partial charge in [0.2, 0.25) is 0 Å². The second-order valence-electron chi connectivity index (χ2n) is 3.87. The van der Waals surface area contributed by atoms with E-state index in [4.69, 9.17) is 9.47 Å².